The van der Waals surface area contributed by atoms with Crippen molar-refractivity contribution in [3.05, 3.63) is 46.0 Å². The molecular formula is C18H20O5. The molecule has 0 atom stereocenters. The number of hydrogen-bond acceptors (Lipinski definition) is 4. The number of rotatable bonds is 6. The molecule has 1 aromatic rings. The van der Waals surface area contributed by atoms with Crippen LogP contribution >= 0.6 is 0 Å². The van der Waals surface area contributed by atoms with Crippen molar-refractivity contribution in [3.63, 3.8) is 0 Å². The Kier molecular flexibility index (Phi) is 4.89. The summed E-state index contributed by atoms with van der Waals surface area (Å²) in [5.41, 5.74) is 4.15. The van der Waals surface area contributed by atoms with Crippen molar-refractivity contribution in [3.8, 4) is 5.75 Å². The minimum absolute atomic E-state index is 0.0646. The van der Waals surface area contributed by atoms with E-state index in [9.17, 15) is 14.7 Å². The quantitative estimate of drug-likeness (QED) is 0.621. The average Bonchev–Trinajstić information content (AvgIpc) is 2.89. The molecule has 2 N–H and O–H groups in total. The van der Waals surface area contributed by atoms with E-state index in [1.54, 1.807) is 6.08 Å². The standard InChI is InChI=1S/C18H20O5/c1-4-12-11(3)14-9-23-18(22)16(14)17(21)13(12)7-5-10(2)6-8-15(19)20/h4-5,21H,1,6-9H2,2-3H3,(H,19,20)/b10-5+. The van der Waals surface area contributed by atoms with Gasteiger partial charge in [0.1, 0.15) is 17.9 Å². The lowest BCUT2D eigenvalue weighted by Crippen LogP contribution is -2.02. The lowest BCUT2D eigenvalue weighted by molar-refractivity contribution is -0.136. The zero-order valence-corrected chi connectivity index (χ0v) is 13.3. The Bertz CT molecular complexity index is 713. The number of ether oxygens (including phenoxy) is 1. The molecular weight excluding hydrogens is 296 g/mol. The molecule has 5 nitrogen and oxygen atoms in total. The first-order valence-corrected chi connectivity index (χ1v) is 7.41. The monoisotopic (exact) mass is 316 g/mol. The van der Waals surface area contributed by atoms with Crippen molar-refractivity contribution < 1.29 is 24.5 Å². The number of carbonyl (C=O) groups excluding carboxylic acids is 1. The number of cyclic esters (lactones) is 1. The molecule has 1 aliphatic rings. The van der Waals surface area contributed by atoms with Gasteiger partial charge in [-0.3, -0.25) is 4.79 Å². The third kappa shape index (κ3) is 3.28. The van der Waals surface area contributed by atoms with E-state index >= 15 is 0 Å². The summed E-state index contributed by atoms with van der Waals surface area (Å²) < 4.78 is 5.02. The highest BCUT2D eigenvalue weighted by atomic mass is 16.5. The lowest BCUT2D eigenvalue weighted by Gasteiger charge is -2.14. The van der Waals surface area contributed by atoms with Crippen LogP contribution in [0, 0.1) is 6.92 Å². The van der Waals surface area contributed by atoms with Gasteiger partial charge in [-0.05, 0) is 37.8 Å². The number of carboxylic acids is 1. The van der Waals surface area contributed by atoms with E-state index in [-0.39, 0.29) is 24.3 Å². The number of allylic oxidation sites excluding steroid dienone is 2. The van der Waals surface area contributed by atoms with Crippen LogP contribution in [0.2, 0.25) is 0 Å². The minimum atomic E-state index is -0.844. The maximum Gasteiger partial charge on any atom is 0.342 e. The zero-order chi connectivity index (χ0) is 17.1. The molecule has 5 heteroatoms. The Morgan fingerprint density at radius 1 is 1.39 bits per heavy atom. The molecule has 0 amide bonds. The first kappa shape index (κ1) is 16.8. The van der Waals surface area contributed by atoms with Crippen LogP contribution in [-0.2, 0) is 22.6 Å². The molecule has 0 bridgehead atoms. The largest absolute Gasteiger partial charge is 0.507 e. The fraction of sp³-hybridized carbons (Fsp3) is 0.333. The van der Waals surface area contributed by atoms with Crippen LogP contribution in [0.5, 0.6) is 5.75 Å². The second kappa shape index (κ2) is 6.69. The van der Waals surface area contributed by atoms with Crippen molar-refractivity contribution in [2.75, 3.05) is 0 Å². The number of carbonyl (C=O) groups is 2. The van der Waals surface area contributed by atoms with Gasteiger partial charge in [-0.15, -0.1) is 0 Å². The van der Waals surface area contributed by atoms with Gasteiger partial charge in [0, 0.05) is 17.5 Å². The van der Waals surface area contributed by atoms with Crippen molar-refractivity contribution in [1.29, 1.82) is 0 Å². The number of fused-ring (bicyclic) bond motifs is 1. The third-order valence-electron chi connectivity index (χ3n) is 4.15. The van der Waals surface area contributed by atoms with Gasteiger partial charge in [-0.25, -0.2) is 4.79 Å². The first-order valence-electron chi connectivity index (χ1n) is 7.41. The Hall–Kier alpha value is -2.56. The maximum atomic E-state index is 11.8. The Morgan fingerprint density at radius 3 is 2.70 bits per heavy atom. The van der Waals surface area contributed by atoms with Gasteiger partial charge in [0.05, 0.1) is 0 Å². The Balaban J connectivity index is 2.39. The molecule has 0 aliphatic carbocycles. The SMILES string of the molecule is C=Cc1c(C)c2c(c(O)c1C/C=C(\C)CCC(=O)O)C(=O)OC2. The number of hydrogen-bond donors (Lipinski definition) is 2. The smallest absolute Gasteiger partial charge is 0.342 e. The molecule has 2 rings (SSSR count). The van der Waals surface area contributed by atoms with Crippen LogP contribution in [-0.4, -0.2) is 22.2 Å². The molecule has 0 saturated heterocycles. The van der Waals surface area contributed by atoms with Gasteiger partial charge >= 0.3 is 11.9 Å². The van der Waals surface area contributed by atoms with Crippen LogP contribution in [0.1, 0.15) is 52.4 Å². The van der Waals surface area contributed by atoms with E-state index in [0.29, 0.717) is 24.0 Å². The highest BCUT2D eigenvalue weighted by Crippen LogP contribution is 2.38. The van der Waals surface area contributed by atoms with Crippen LogP contribution in [0.4, 0.5) is 0 Å². The summed E-state index contributed by atoms with van der Waals surface area (Å²) in [6.45, 7) is 7.68. The molecule has 1 heterocycles. The molecule has 23 heavy (non-hydrogen) atoms. The molecule has 0 spiro atoms. The minimum Gasteiger partial charge on any atom is -0.507 e. The number of carboxylic acid groups (broad SMARTS) is 1. The summed E-state index contributed by atoms with van der Waals surface area (Å²) >= 11 is 0. The van der Waals surface area contributed by atoms with Crippen molar-refractivity contribution >= 4 is 18.0 Å². The summed E-state index contributed by atoms with van der Waals surface area (Å²) in [5.74, 6) is -1.42. The molecule has 1 aromatic carbocycles. The maximum absolute atomic E-state index is 11.8. The van der Waals surface area contributed by atoms with E-state index < -0.39 is 11.9 Å². The van der Waals surface area contributed by atoms with Crippen LogP contribution in [0.15, 0.2) is 18.2 Å². The van der Waals surface area contributed by atoms with Gasteiger partial charge in [-0.1, -0.05) is 24.3 Å². The Morgan fingerprint density at radius 2 is 2.09 bits per heavy atom. The van der Waals surface area contributed by atoms with Gasteiger partial charge in [0.15, 0.2) is 0 Å². The summed E-state index contributed by atoms with van der Waals surface area (Å²) in [7, 11) is 0. The van der Waals surface area contributed by atoms with Crippen molar-refractivity contribution in [2.24, 2.45) is 0 Å². The summed E-state index contributed by atoms with van der Waals surface area (Å²) in [6.07, 6.45) is 4.45. The van der Waals surface area contributed by atoms with E-state index in [2.05, 4.69) is 6.58 Å². The highest BCUT2D eigenvalue weighted by molar-refractivity contribution is 5.98. The first-order chi connectivity index (χ1) is 10.9. The topological polar surface area (TPSA) is 83.8 Å². The number of benzene rings is 1. The van der Waals surface area contributed by atoms with Crippen molar-refractivity contribution in [2.45, 2.75) is 39.7 Å². The molecule has 0 fully saturated rings. The number of aromatic hydroxyl groups is 1. The fourth-order valence-electron chi connectivity index (χ4n) is 2.77. The highest BCUT2D eigenvalue weighted by Gasteiger charge is 2.30. The molecule has 0 aromatic heterocycles. The molecule has 122 valence electrons. The second-order valence-electron chi connectivity index (χ2n) is 5.65. The Labute approximate surface area is 134 Å². The molecule has 0 radical (unpaired) electrons. The predicted octanol–water partition coefficient (Wildman–Crippen LogP) is 3.37. The van der Waals surface area contributed by atoms with E-state index in [1.165, 1.54) is 0 Å². The van der Waals surface area contributed by atoms with E-state index in [0.717, 1.165) is 16.7 Å². The fourth-order valence-corrected chi connectivity index (χ4v) is 2.77. The van der Waals surface area contributed by atoms with Crippen LogP contribution < -0.4 is 0 Å². The van der Waals surface area contributed by atoms with Gasteiger partial charge in [0.25, 0.3) is 0 Å². The zero-order valence-electron chi connectivity index (χ0n) is 13.3. The molecule has 0 unspecified atom stereocenters. The molecule has 0 saturated carbocycles. The van der Waals surface area contributed by atoms with Gasteiger partial charge in [0.2, 0.25) is 0 Å². The summed E-state index contributed by atoms with van der Waals surface area (Å²) in [4.78, 5) is 22.4. The van der Waals surface area contributed by atoms with Crippen LogP contribution in [0.3, 0.4) is 0 Å². The van der Waals surface area contributed by atoms with Crippen molar-refractivity contribution in [1.82, 2.24) is 0 Å². The number of aliphatic carboxylic acids is 1. The van der Waals surface area contributed by atoms with Gasteiger partial charge < -0.3 is 14.9 Å². The summed E-state index contributed by atoms with van der Waals surface area (Å²) in [5, 5.41) is 19.2. The summed E-state index contributed by atoms with van der Waals surface area (Å²) in [6, 6.07) is 0. The third-order valence-corrected chi connectivity index (χ3v) is 4.15. The normalized spacial score (nSPS) is 13.7. The number of esters is 1. The van der Waals surface area contributed by atoms with Gasteiger partial charge in [-0.2, -0.15) is 0 Å². The average molecular weight is 316 g/mol. The number of phenolic OH excluding ortho intramolecular Hbond substituents is 1. The molecule has 1 aliphatic heterocycles. The van der Waals surface area contributed by atoms with E-state index in [1.807, 2.05) is 19.9 Å². The van der Waals surface area contributed by atoms with E-state index in [4.69, 9.17) is 9.84 Å². The second-order valence-corrected chi connectivity index (χ2v) is 5.65. The van der Waals surface area contributed by atoms with Crippen LogP contribution in [0.25, 0.3) is 6.08 Å². The predicted molar refractivity (Wildman–Crippen MR) is 86.4 cm³/mol. The lowest BCUT2D eigenvalue weighted by atomic mass is 9.90. The number of phenols is 1.